The van der Waals surface area contributed by atoms with Crippen molar-refractivity contribution < 1.29 is 65.3 Å². The zero-order valence-corrected chi connectivity index (χ0v) is 9.99. The van der Waals surface area contributed by atoms with Crippen LogP contribution in [0.2, 0.25) is 0 Å². The topological polar surface area (TPSA) is 43.4 Å². The van der Waals surface area contributed by atoms with E-state index in [9.17, 15) is 61.1 Å². The first-order valence-corrected chi connectivity index (χ1v) is 5.83. The van der Waals surface area contributed by atoms with Gasteiger partial charge in [0.15, 0.2) is 0 Å². The van der Waals surface area contributed by atoms with Crippen LogP contribution in [-0.2, 0) is 14.3 Å². The van der Waals surface area contributed by atoms with Crippen molar-refractivity contribution in [3.8, 4) is 0 Å². The second-order valence-electron chi connectivity index (χ2n) is 3.87. The fourth-order valence-corrected chi connectivity index (χ4v) is 2.44. The Kier molecular flexibility index (Phi) is 3.58. The molecule has 16 heteroatoms. The highest BCUT2D eigenvalue weighted by atomic mass is 32.2. The van der Waals surface area contributed by atoms with Gasteiger partial charge in [0.2, 0.25) is 0 Å². The molecule has 3 nitrogen and oxygen atoms in total. The van der Waals surface area contributed by atoms with Crippen LogP contribution in [0.3, 0.4) is 0 Å². The lowest BCUT2D eigenvalue weighted by atomic mass is 9.98. The summed E-state index contributed by atoms with van der Waals surface area (Å²) < 4.78 is 173. The summed E-state index contributed by atoms with van der Waals surface area (Å²) in [6, 6.07) is 0. The van der Waals surface area contributed by atoms with Crippen molar-refractivity contribution in [1.82, 2.24) is 0 Å². The summed E-state index contributed by atoms with van der Waals surface area (Å²) in [6.07, 6.45) is -13.7. The average molecular weight is 380 g/mol. The van der Waals surface area contributed by atoms with Gasteiger partial charge in [0, 0.05) is 0 Å². The molecule has 132 valence electrons. The zero-order valence-electron chi connectivity index (χ0n) is 9.17. The highest BCUT2D eigenvalue weighted by Gasteiger charge is 2.98. The van der Waals surface area contributed by atoms with Crippen LogP contribution in [0.15, 0.2) is 0 Å². The SMILES string of the molecule is O=S1(=O)OC(F)(F)[C@]1(F)C(F)(F)C(F)(F)C(F)(F)C(F)(F)F. The third-order valence-corrected chi connectivity index (χ3v) is 4.09. The van der Waals surface area contributed by atoms with Gasteiger partial charge in [0.1, 0.15) is 0 Å². The van der Waals surface area contributed by atoms with Gasteiger partial charge in [-0.2, -0.15) is 60.9 Å². The molecule has 1 saturated heterocycles. The fourth-order valence-electron chi connectivity index (χ4n) is 1.28. The second-order valence-corrected chi connectivity index (χ2v) is 5.51. The molecular formula is C6F12O3S. The Morgan fingerprint density at radius 1 is 0.727 bits per heavy atom. The molecule has 1 fully saturated rings. The van der Waals surface area contributed by atoms with Gasteiger partial charge in [-0.15, -0.1) is 0 Å². The van der Waals surface area contributed by atoms with Crippen molar-refractivity contribution in [3.63, 3.8) is 0 Å². The summed E-state index contributed by atoms with van der Waals surface area (Å²) in [6.45, 7) is 0. The van der Waals surface area contributed by atoms with Crippen LogP contribution in [0.25, 0.3) is 0 Å². The summed E-state index contributed by atoms with van der Waals surface area (Å²) >= 11 is 0. The predicted molar refractivity (Wildman–Crippen MR) is 39.7 cm³/mol. The van der Waals surface area contributed by atoms with Gasteiger partial charge < -0.3 is 0 Å². The van der Waals surface area contributed by atoms with Gasteiger partial charge in [-0.05, 0) is 0 Å². The molecule has 22 heavy (non-hydrogen) atoms. The first-order valence-electron chi connectivity index (χ1n) is 4.43. The first kappa shape index (κ1) is 19.1. The lowest BCUT2D eigenvalue weighted by Gasteiger charge is -2.46. The van der Waals surface area contributed by atoms with Crippen molar-refractivity contribution in [3.05, 3.63) is 0 Å². The molecule has 0 N–H and O–H groups in total. The van der Waals surface area contributed by atoms with Crippen molar-refractivity contribution in [2.24, 2.45) is 0 Å². The van der Waals surface area contributed by atoms with Gasteiger partial charge in [-0.1, -0.05) is 0 Å². The van der Waals surface area contributed by atoms with Crippen LogP contribution in [0, 0.1) is 0 Å². The van der Waals surface area contributed by atoms with E-state index in [0.29, 0.717) is 0 Å². The molecule has 1 aliphatic heterocycles. The number of halogens is 12. The standard InChI is InChI=1S/C6F12O3S/c7-1(8,3(11,12)5(14,15)16)2(9,10)4(13)6(17,18)21-22(4,19)20/t4-/m0/s1. The van der Waals surface area contributed by atoms with Crippen molar-refractivity contribution >= 4 is 10.1 Å². The zero-order chi connectivity index (χ0) is 18.2. The molecule has 0 aromatic heterocycles. The third kappa shape index (κ3) is 1.78. The van der Waals surface area contributed by atoms with E-state index in [0.717, 1.165) is 0 Å². The maximum atomic E-state index is 13.3. The molecule has 0 aromatic carbocycles. The predicted octanol–water partition coefficient (Wildman–Crippen LogP) is 3.07. The van der Waals surface area contributed by atoms with E-state index in [1.165, 1.54) is 0 Å². The number of hydrogen-bond donors (Lipinski definition) is 0. The van der Waals surface area contributed by atoms with Crippen molar-refractivity contribution in [2.75, 3.05) is 0 Å². The van der Waals surface area contributed by atoms with Crippen molar-refractivity contribution in [1.29, 1.82) is 0 Å². The number of rotatable bonds is 3. The van der Waals surface area contributed by atoms with Gasteiger partial charge in [-0.3, -0.25) is 0 Å². The molecule has 0 aliphatic carbocycles. The van der Waals surface area contributed by atoms with Gasteiger partial charge in [-0.25, -0.2) is 4.39 Å². The molecule has 1 atom stereocenters. The highest BCUT2D eigenvalue weighted by molar-refractivity contribution is 7.89. The monoisotopic (exact) mass is 380 g/mol. The Morgan fingerprint density at radius 2 is 1.09 bits per heavy atom. The van der Waals surface area contributed by atoms with E-state index in [2.05, 4.69) is 4.18 Å². The van der Waals surface area contributed by atoms with Crippen LogP contribution >= 0.6 is 0 Å². The number of hydrogen-bond acceptors (Lipinski definition) is 3. The Morgan fingerprint density at radius 3 is 1.32 bits per heavy atom. The normalized spacial score (nSPS) is 29.1. The van der Waals surface area contributed by atoms with Crippen LogP contribution in [-0.4, -0.2) is 43.5 Å². The van der Waals surface area contributed by atoms with Crippen LogP contribution < -0.4 is 0 Å². The number of alkyl halides is 12. The van der Waals surface area contributed by atoms with E-state index in [-0.39, 0.29) is 0 Å². The van der Waals surface area contributed by atoms with Crippen LogP contribution in [0.4, 0.5) is 52.7 Å². The molecule has 0 bridgehead atoms. The lowest BCUT2D eigenvalue weighted by Crippen LogP contribution is -2.79. The molecule has 0 radical (unpaired) electrons. The van der Waals surface area contributed by atoms with E-state index < -0.39 is 45.2 Å². The highest BCUT2D eigenvalue weighted by Crippen LogP contribution is 2.65. The first-order chi connectivity index (χ1) is 9.21. The minimum atomic E-state index is -7.88. The average Bonchev–Trinajstić information content (AvgIpc) is 2.23. The van der Waals surface area contributed by atoms with Crippen LogP contribution in [0.1, 0.15) is 0 Å². The summed E-state index contributed by atoms with van der Waals surface area (Å²) in [5, 5.41) is -6.83. The maximum absolute atomic E-state index is 13.3. The molecule has 1 aliphatic rings. The molecular weight excluding hydrogens is 380 g/mol. The van der Waals surface area contributed by atoms with E-state index in [1.807, 2.05) is 0 Å². The summed E-state index contributed by atoms with van der Waals surface area (Å²) in [4.78, 5) is 0. The molecule has 0 amide bonds. The Bertz CT molecular complexity index is 576. The second kappa shape index (κ2) is 4.12. The molecule has 1 heterocycles. The quantitative estimate of drug-likeness (QED) is 0.559. The van der Waals surface area contributed by atoms with Gasteiger partial charge >= 0.3 is 45.2 Å². The van der Waals surface area contributed by atoms with Crippen LogP contribution in [0.5, 0.6) is 0 Å². The largest absolute Gasteiger partial charge is 0.460 e. The minimum absolute atomic E-state index is 2.23. The van der Waals surface area contributed by atoms with Gasteiger partial charge in [0.25, 0.3) is 0 Å². The Hall–Kier alpha value is -0.930. The van der Waals surface area contributed by atoms with Gasteiger partial charge in [0.05, 0.1) is 0 Å². The molecule has 0 saturated carbocycles. The molecule has 0 unspecified atom stereocenters. The van der Waals surface area contributed by atoms with E-state index in [1.54, 1.807) is 0 Å². The molecule has 1 rings (SSSR count). The summed E-state index contributed by atoms with van der Waals surface area (Å²) in [5.74, 6) is -23.3. The molecule has 0 aromatic rings. The summed E-state index contributed by atoms with van der Waals surface area (Å²) in [5.41, 5.74) is 0. The van der Waals surface area contributed by atoms with E-state index in [4.69, 9.17) is 0 Å². The fraction of sp³-hybridized carbons (Fsp3) is 1.00. The van der Waals surface area contributed by atoms with E-state index >= 15 is 0 Å². The van der Waals surface area contributed by atoms with Crippen molar-refractivity contribution in [2.45, 2.75) is 35.1 Å². The Balaban J connectivity index is 3.60. The third-order valence-electron chi connectivity index (χ3n) is 2.48. The molecule has 0 spiro atoms. The summed E-state index contributed by atoms with van der Waals surface area (Å²) in [7, 11) is -6.92. The minimum Gasteiger partial charge on any atom is -0.206 e. The maximum Gasteiger partial charge on any atom is 0.460 e. The Labute approximate surface area is 111 Å². The smallest absolute Gasteiger partial charge is 0.206 e. The lowest BCUT2D eigenvalue weighted by molar-refractivity contribution is -0.433.